The van der Waals surface area contributed by atoms with E-state index in [0.29, 0.717) is 10.1 Å². The average molecular weight is 265 g/mol. The van der Waals surface area contributed by atoms with Crippen LogP contribution in [-0.4, -0.2) is 5.21 Å². The molecule has 4 nitrogen and oxygen atoms in total. The molecule has 0 aliphatic rings. The van der Waals surface area contributed by atoms with Gasteiger partial charge < -0.3 is 5.21 Å². The van der Waals surface area contributed by atoms with Crippen molar-refractivity contribution in [2.24, 2.45) is 0 Å². The van der Waals surface area contributed by atoms with Crippen molar-refractivity contribution in [3.8, 4) is 0 Å². The van der Waals surface area contributed by atoms with Gasteiger partial charge in [0.1, 0.15) is 0 Å². The second kappa shape index (κ2) is 3.86. The summed E-state index contributed by atoms with van der Waals surface area (Å²) < 4.78 is 2.48. The van der Waals surface area contributed by atoms with Crippen LogP contribution in [0.3, 0.4) is 0 Å². The Morgan fingerprint density at radius 2 is 2.06 bits per heavy atom. The maximum atomic E-state index is 12.1. The summed E-state index contributed by atoms with van der Waals surface area (Å²) in [6.45, 7) is 0. The minimum absolute atomic E-state index is 0.0770. The first-order valence-corrected chi connectivity index (χ1v) is 6.54. The zero-order valence-corrected chi connectivity index (χ0v) is 10.1. The molecule has 0 aliphatic heterocycles. The first-order chi connectivity index (χ1) is 8.16. The van der Waals surface area contributed by atoms with Crippen molar-refractivity contribution >= 4 is 47.8 Å². The van der Waals surface area contributed by atoms with Crippen LogP contribution in [-0.2, 0) is 0 Å². The van der Waals surface area contributed by atoms with Gasteiger partial charge in [-0.2, -0.15) is 5.23 Å². The van der Waals surface area contributed by atoms with E-state index in [1.165, 1.54) is 34.8 Å². The smallest absolute Gasteiger partial charge is 0.206 e. The van der Waals surface area contributed by atoms with Gasteiger partial charge in [0.2, 0.25) is 5.43 Å². The number of hydrogen-bond acceptors (Lipinski definition) is 5. The number of thiophene rings is 1. The van der Waals surface area contributed by atoms with E-state index in [4.69, 9.17) is 5.21 Å². The van der Waals surface area contributed by atoms with Gasteiger partial charge in [0.05, 0.1) is 4.70 Å². The molecular weight excluding hydrogens is 258 g/mol. The summed E-state index contributed by atoms with van der Waals surface area (Å²) in [6.07, 6.45) is 0. The largest absolute Gasteiger partial charge is 0.595 e. The summed E-state index contributed by atoms with van der Waals surface area (Å²) in [6, 6.07) is 6.59. The maximum absolute atomic E-state index is 12.1. The third kappa shape index (κ3) is 1.67. The van der Waals surface area contributed by atoms with Crippen molar-refractivity contribution in [3.05, 3.63) is 45.1 Å². The van der Waals surface area contributed by atoms with E-state index in [9.17, 15) is 10.0 Å². The fourth-order valence-electron chi connectivity index (χ4n) is 1.71. The van der Waals surface area contributed by atoms with Crippen LogP contribution in [0.4, 0.5) is 5.69 Å². The average Bonchev–Trinajstić information content (AvgIpc) is 2.77. The molecular formula is C11H7NO3S2. The Balaban J connectivity index is 2.46. The van der Waals surface area contributed by atoms with Crippen molar-refractivity contribution in [1.29, 1.82) is 0 Å². The molecule has 2 heterocycles. The molecule has 6 heteroatoms. The monoisotopic (exact) mass is 265 g/mol. The van der Waals surface area contributed by atoms with Gasteiger partial charge in [-0.3, -0.25) is 4.79 Å². The van der Waals surface area contributed by atoms with Gasteiger partial charge in [-0.05, 0) is 17.5 Å². The molecule has 0 saturated heterocycles. The van der Waals surface area contributed by atoms with Gasteiger partial charge in [-0.15, -0.1) is 22.7 Å². The van der Waals surface area contributed by atoms with Crippen LogP contribution in [0.2, 0.25) is 0 Å². The Labute approximate surface area is 104 Å². The minimum atomic E-state index is -1.01. The van der Waals surface area contributed by atoms with Crippen LogP contribution in [0.1, 0.15) is 0 Å². The number of benzene rings is 1. The fraction of sp³-hybridized carbons (Fsp3) is 0. The summed E-state index contributed by atoms with van der Waals surface area (Å²) in [4.78, 5) is 12.1. The normalized spacial score (nSPS) is 13.3. The van der Waals surface area contributed by atoms with Crippen molar-refractivity contribution < 1.29 is 10.4 Å². The lowest BCUT2D eigenvalue weighted by atomic mass is 10.2. The topological polar surface area (TPSA) is 64.8 Å². The molecule has 0 radical (unpaired) electrons. The maximum Gasteiger partial charge on any atom is 0.206 e. The minimum Gasteiger partial charge on any atom is -0.595 e. The van der Waals surface area contributed by atoms with Crippen LogP contribution in [0.15, 0.2) is 34.4 Å². The summed E-state index contributed by atoms with van der Waals surface area (Å²) in [7, 11) is 0. The third-order valence-corrected chi connectivity index (χ3v) is 4.70. The molecule has 1 unspecified atom stereocenters. The molecule has 0 aliphatic carbocycles. The second-order valence-electron chi connectivity index (χ2n) is 3.56. The summed E-state index contributed by atoms with van der Waals surface area (Å²) in [5.41, 5.74) is 0.0737. The van der Waals surface area contributed by atoms with Crippen molar-refractivity contribution in [1.82, 2.24) is 0 Å². The number of fused-ring (bicyclic) bond motifs is 2. The van der Waals surface area contributed by atoms with E-state index < -0.39 is 5.23 Å². The Kier molecular flexibility index (Phi) is 2.46. The van der Waals surface area contributed by atoms with E-state index >= 15 is 0 Å². The highest BCUT2D eigenvalue weighted by molar-refractivity contribution is 7.29. The van der Waals surface area contributed by atoms with Crippen LogP contribution in [0, 0.1) is 5.21 Å². The highest BCUT2D eigenvalue weighted by Gasteiger charge is 2.09. The first kappa shape index (κ1) is 10.8. The Morgan fingerprint density at radius 1 is 1.24 bits per heavy atom. The molecule has 0 bridgehead atoms. The molecule has 0 saturated carbocycles. The summed E-state index contributed by atoms with van der Waals surface area (Å²) in [5.74, 6) is 0. The number of nitrogens with one attached hydrogen (secondary N) is 1. The van der Waals surface area contributed by atoms with E-state index in [1.807, 2.05) is 11.4 Å². The van der Waals surface area contributed by atoms with Crippen LogP contribution in [0.25, 0.3) is 19.5 Å². The third-order valence-electron chi connectivity index (χ3n) is 2.53. The molecule has 2 aromatic heterocycles. The Morgan fingerprint density at radius 3 is 2.82 bits per heavy atom. The standard InChI is InChI=1S/C11H7NO3S2/c13-10-7-5-6(12(14)15)1-2-8(7)17-9-3-4-16-11(9)10/h1-5,12,14H. The van der Waals surface area contributed by atoms with Crippen LogP contribution < -0.4 is 10.7 Å². The Bertz CT molecular complexity index is 760. The highest BCUT2D eigenvalue weighted by Crippen LogP contribution is 2.28. The van der Waals surface area contributed by atoms with Crippen LogP contribution in [0.5, 0.6) is 0 Å². The molecule has 0 fully saturated rings. The molecule has 3 aromatic rings. The molecule has 1 atom stereocenters. The zero-order chi connectivity index (χ0) is 12.0. The van der Waals surface area contributed by atoms with E-state index in [0.717, 1.165) is 9.40 Å². The highest BCUT2D eigenvalue weighted by atomic mass is 32.1. The molecule has 3 rings (SSSR count). The van der Waals surface area contributed by atoms with Crippen molar-refractivity contribution in [2.75, 3.05) is 0 Å². The lowest BCUT2D eigenvalue weighted by Gasteiger charge is -2.11. The van der Waals surface area contributed by atoms with Gasteiger partial charge in [0, 0.05) is 26.9 Å². The van der Waals surface area contributed by atoms with E-state index in [2.05, 4.69) is 0 Å². The predicted octanol–water partition coefficient (Wildman–Crippen LogP) is 1.88. The fourth-order valence-corrected chi connectivity index (χ4v) is 3.77. The molecule has 0 amide bonds. The van der Waals surface area contributed by atoms with E-state index in [-0.39, 0.29) is 11.1 Å². The van der Waals surface area contributed by atoms with Gasteiger partial charge >= 0.3 is 0 Å². The molecule has 0 spiro atoms. The first-order valence-electron chi connectivity index (χ1n) is 4.84. The molecule has 2 N–H and O–H groups in total. The number of rotatable bonds is 1. The van der Waals surface area contributed by atoms with Gasteiger partial charge in [-0.25, -0.2) is 5.21 Å². The lowest BCUT2D eigenvalue weighted by Crippen LogP contribution is -2.99. The molecule has 86 valence electrons. The molecule has 17 heavy (non-hydrogen) atoms. The van der Waals surface area contributed by atoms with E-state index in [1.54, 1.807) is 6.07 Å². The molecule has 1 aromatic carbocycles. The SMILES string of the molecule is O=c1c2cc([NH+]([O-])O)ccc2sc2ccsc12. The van der Waals surface area contributed by atoms with Gasteiger partial charge in [0.15, 0.2) is 5.69 Å². The predicted molar refractivity (Wildman–Crippen MR) is 69.3 cm³/mol. The quantitative estimate of drug-likeness (QED) is 0.660. The summed E-state index contributed by atoms with van der Waals surface area (Å²) in [5, 5.41) is 21.1. The Hall–Kier alpha value is -1.31. The van der Waals surface area contributed by atoms with Gasteiger partial charge in [0.25, 0.3) is 0 Å². The van der Waals surface area contributed by atoms with Crippen LogP contribution >= 0.6 is 22.7 Å². The van der Waals surface area contributed by atoms with Gasteiger partial charge in [-0.1, -0.05) is 0 Å². The summed E-state index contributed by atoms with van der Waals surface area (Å²) >= 11 is 2.90. The number of quaternary nitrogens is 1. The van der Waals surface area contributed by atoms with Crippen molar-refractivity contribution in [3.63, 3.8) is 0 Å². The lowest BCUT2D eigenvalue weighted by molar-refractivity contribution is -0.991. The second-order valence-corrected chi connectivity index (χ2v) is 5.56. The van der Waals surface area contributed by atoms with Crippen molar-refractivity contribution in [2.45, 2.75) is 0 Å². The number of hydrogen-bond donors (Lipinski definition) is 2. The zero-order valence-electron chi connectivity index (χ0n) is 8.47.